The van der Waals surface area contributed by atoms with Gasteiger partial charge in [-0.15, -0.1) is 22.7 Å². The Kier molecular flexibility index (Phi) is 2.98. The van der Waals surface area contributed by atoms with Crippen LogP contribution in [0.15, 0.2) is 11.4 Å². The number of aryl methyl sites for hydroxylation is 2. The van der Waals surface area contributed by atoms with Crippen molar-refractivity contribution in [1.29, 1.82) is 0 Å². The van der Waals surface area contributed by atoms with Gasteiger partial charge < -0.3 is 0 Å². The van der Waals surface area contributed by atoms with Crippen LogP contribution in [0.1, 0.15) is 35.6 Å². The molecule has 0 fully saturated rings. The number of thiophene rings is 1. The van der Waals surface area contributed by atoms with E-state index in [-0.39, 0.29) is 5.78 Å². The number of hydrogen-bond donors (Lipinski definition) is 0. The van der Waals surface area contributed by atoms with Crippen molar-refractivity contribution >= 4 is 34.7 Å². The first-order valence-corrected chi connectivity index (χ1v) is 6.34. The highest BCUT2D eigenvalue weighted by Gasteiger charge is 2.17. The maximum absolute atomic E-state index is 12.0. The molecule has 16 heavy (non-hydrogen) atoms. The van der Waals surface area contributed by atoms with Crippen LogP contribution in [-0.4, -0.2) is 17.1 Å². The number of ketones is 1. The maximum Gasteiger partial charge on any atom is 0.213 e. The third-order valence-corrected chi connectivity index (χ3v) is 3.90. The van der Waals surface area contributed by atoms with E-state index in [9.17, 15) is 9.59 Å². The first kappa shape index (κ1) is 11.2. The van der Waals surface area contributed by atoms with Crippen molar-refractivity contribution in [1.82, 2.24) is 4.98 Å². The number of hydrogen-bond acceptors (Lipinski definition) is 5. The molecule has 0 unspecified atom stereocenters. The molecule has 0 aliphatic carbocycles. The molecular formula is C11H9NO2S2. The number of carbonyl (C=O) groups is 2. The van der Waals surface area contributed by atoms with Gasteiger partial charge in [-0.05, 0) is 19.9 Å². The van der Waals surface area contributed by atoms with Gasteiger partial charge in [-0.25, -0.2) is 4.98 Å². The molecule has 2 rings (SSSR count). The monoisotopic (exact) mass is 251 g/mol. The van der Waals surface area contributed by atoms with E-state index in [1.165, 1.54) is 22.7 Å². The van der Waals surface area contributed by atoms with E-state index in [1.54, 1.807) is 11.4 Å². The van der Waals surface area contributed by atoms with E-state index in [2.05, 4.69) is 4.98 Å². The molecule has 0 radical (unpaired) electrons. The summed E-state index contributed by atoms with van der Waals surface area (Å²) in [5, 5.41) is 2.61. The van der Waals surface area contributed by atoms with Gasteiger partial charge in [-0.3, -0.25) is 9.59 Å². The lowest BCUT2D eigenvalue weighted by molar-refractivity contribution is 0.103. The summed E-state index contributed by atoms with van der Waals surface area (Å²) in [5.74, 6) is -0.105. The van der Waals surface area contributed by atoms with E-state index in [0.717, 1.165) is 16.2 Å². The quantitative estimate of drug-likeness (QED) is 0.622. The molecule has 0 aromatic carbocycles. The lowest BCUT2D eigenvalue weighted by Crippen LogP contribution is -2.01. The predicted octanol–water partition coefficient (Wildman–Crippen LogP) is 2.86. The lowest BCUT2D eigenvalue weighted by atomic mass is 10.1. The van der Waals surface area contributed by atoms with Gasteiger partial charge in [0.05, 0.1) is 9.88 Å². The summed E-state index contributed by atoms with van der Waals surface area (Å²) in [7, 11) is 0. The summed E-state index contributed by atoms with van der Waals surface area (Å²) in [6.45, 7) is 3.70. The van der Waals surface area contributed by atoms with E-state index in [1.807, 2.05) is 13.8 Å². The van der Waals surface area contributed by atoms with E-state index < -0.39 is 0 Å². The molecule has 0 aliphatic rings. The average Bonchev–Trinajstić information content (AvgIpc) is 2.83. The van der Waals surface area contributed by atoms with Crippen molar-refractivity contribution in [2.24, 2.45) is 0 Å². The van der Waals surface area contributed by atoms with Crippen molar-refractivity contribution in [2.75, 3.05) is 0 Å². The molecule has 3 nitrogen and oxygen atoms in total. The van der Waals surface area contributed by atoms with Crippen LogP contribution in [0.3, 0.4) is 0 Å². The highest BCUT2D eigenvalue weighted by atomic mass is 32.1. The molecule has 0 bridgehead atoms. The third kappa shape index (κ3) is 1.96. The Hall–Kier alpha value is -1.33. The molecule has 0 saturated carbocycles. The Morgan fingerprint density at radius 2 is 2.19 bits per heavy atom. The topological polar surface area (TPSA) is 47.0 Å². The number of aromatic nitrogens is 1. The Balaban J connectivity index is 2.40. The fraction of sp³-hybridized carbons (Fsp3) is 0.182. The summed E-state index contributed by atoms with van der Waals surface area (Å²) in [6.07, 6.45) is 0.765. The molecule has 5 heteroatoms. The Labute approximate surface area is 101 Å². The summed E-state index contributed by atoms with van der Waals surface area (Å²) in [6, 6.07) is 1.63. The van der Waals surface area contributed by atoms with E-state index >= 15 is 0 Å². The maximum atomic E-state index is 12.0. The molecular weight excluding hydrogens is 242 g/mol. The second-order valence-electron chi connectivity index (χ2n) is 3.32. The summed E-state index contributed by atoms with van der Waals surface area (Å²) < 4.78 is 0. The molecule has 2 aromatic heterocycles. The average molecular weight is 251 g/mol. The predicted molar refractivity (Wildman–Crippen MR) is 64.7 cm³/mol. The minimum atomic E-state index is -0.105. The van der Waals surface area contributed by atoms with Crippen LogP contribution in [0.2, 0.25) is 0 Å². The van der Waals surface area contributed by atoms with Crippen LogP contribution in [0.5, 0.6) is 0 Å². The number of nitrogens with zero attached hydrogens (tertiary/aromatic N) is 1. The molecule has 0 spiro atoms. The molecule has 82 valence electrons. The Bertz CT molecular complexity index is 554. The van der Waals surface area contributed by atoms with Crippen molar-refractivity contribution in [3.8, 4) is 0 Å². The van der Waals surface area contributed by atoms with Gasteiger partial charge in [0, 0.05) is 15.8 Å². The lowest BCUT2D eigenvalue weighted by Gasteiger charge is -1.94. The first-order chi connectivity index (χ1) is 7.61. The van der Waals surface area contributed by atoms with Crippen molar-refractivity contribution in [2.45, 2.75) is 13.8 Å². The second kappa shape index (κ2) is 4.27. The normalized spacial score (nSPS) is 10.4. The summed E-state index contributed by atoms with van der Waals surface area (Å²) in [4.78, 5) is 28.2. The van der Waals surface area contributed by atoms with Crippen LogP contribution >= 0.6 is 22.7 Å². The number of rotatable bonds is 3. The minimum absolute atomic E-state index is 0.105. The zero-order valence-corrected chi connectivity index (χ0v) is 10.4. The molecule has 2 aromatic rings. The van der Waals surface area contributed by atoms with Gasteiger partial charge in [-0.1, -0.05) is 0 Å². The van der Waals surface area contributed by atoms with Crippen molar-refractivity contribution in [3.63, 3.8) is 0 Å². The van der Waals surface area contributed by atoms with Gasteiger partial charge in [0.2, 0.25) is 5.78 Å². The number of aldehydes is 1. The Morgan fingerprint density at radius 3 is 2.69 bits per heavy atom. The highest BCUT2D eigenvalue weighted by molar-refractivity contribution is 7.14. The van der Waals surface area contributed by atoms with Gasteiger partial charge in [0.15, 0.2) is 6.29 Å². The summed E-state index contributed by atoms with van der Waals surface area (Å²) >= 11 is 2.78. The van der Waals surface area contributed by atoms with Crippen LogP contribution < -0.4 is 0 Å². The SMILES string of the molecule is Cc1nc(C(=O)c2cc(C=O)sc2C)cs1. The molecule has 2 heterocycles. The molecule has 0 N–H and O–H groups in total. The smallest absolute Gasteiger partial charge is 0.213 e. The first-order valence-electron chi connectivity index (χ1n) is 4.64. The van der Waals surface area contributed by atoms with Crippen LogP contribution in [0, 0.1) is 13.8 Å². The van der Waals surface area contributed by atoms with Gasteiger partial charge in [0.25, 0.3) is 0 Å². The second-order valence-corrected chi connectivity index (χ2v) is 5.67. The fourth-order valence-electron chi connectivity index (χ4n) is 1.39. The zero-order chi connectivity index (χ0) is 11.7. The summed E-state index contributed by atoms with van der Waals surface area (Å²) in [5.41, 5.74) is 1.04. The van der Waals surface area contributed by atoms with Crippen LogP contribution in [0.25, 0.3) is 0 Å². The van der Waals surface area contributed by atoms with Crippen molar-refractivity contribution < 1.29 is 9.59 Å². The third-order valence-electron chi connectivity index (χ3n) is 2.15. The molecule has 0 amide bonds. The van der Waals surface area contributed by atoms with Gasteiger partial charge >= 0.3 is 0 Å². The fourth-order valence-corrected chi connectivity index (χ4v) is 2.83. The zero-order valence-electron chi connectivity index (χ0n) is 8.81. The molecule has 0 saturated heterocycles. The van der Waals surface area contributed by atoms with Crippen molar-refractivity contribution in [3.05, 3.63) is 37.5 Å². The van der Waals surface area contributed by atoms with Crippen LogP contribution in [0.4, 0.5) is 0 Å². The van der Waals surface area contributed by atoms with Gasteiger partial charge in [0.1, 0.15) is 5.69 Å². The number of thiazole rings is 1. The molecule has 0 atom stereocenters. The van der Waals surface area contributed by atoms with Gasteiger partial charge in [-0.2, -0.15) is 0 Å². The molecule has 0 aliphatic heterocycles. The largest absolute Gasteiger partial charge is 0.297 e. The van der Waals surface area contributed by atoms with E-state index in [4.69, 9.17) is 0 Å². The standard InChI is InChI=1S/C11H9NO2S2/c1-6-9(3-8(4-13)16-6)11(14)10-5-15-7(2)12-10/h3-5H,1-2H3. The minimum Gasteiger partial charge on any atom is -0.297 e. The van der Waals surface area contributed by atoms with Crippen LogP contribution in [-0.2, 0) is 0 Å². The highest BCUT2D eigenvalue weighted by Crippen LogP contribution is 2.23. The number of carbonyl (C=O) groups excluding carboxylic acids is 2. The van der Waals surface area contributed by atoms with E-state index in [0.29, 0.717) is 16.1 Å². The Morgan fingerprint density at radius 1 is 1.44 bits per heavy atom.